The Morgan fingerprint density at radius 1 is 1.10 bits per heavy atom. The SMILES string of the molecule is Cc1ccc(CN2C(=O)/C(=C3\SC(=S)N(CCC(=O)O)C3=O)c3cc(Br)ccc32)cc1. The molecule has 9 heteroatoms. The Bertz CT molecular complexity index is 1160. The summed E-state index contributed by atoms with van der Waals surface area (Å²) in [6.45, 7) is 2.35. The maximum Gasteiger partial charge on any atom is 0.305 e. The van der Waals surface area contributed by atoms with Gasteiger partial charge in [0.05, 0.1) is 29.1 Å². The van der Waals surface area contributed by atoms with Gasteiger partial charge in [0.25, 0.3) is 11.8 Å². The summed E-state index contributed by atoms with van der Waals surface area (Å²) in [5.41, 5.74) is 3.79. The normalized spacial score (nSPS) is 18.2. The maximum absolute atomic E-state index is 13.5. The van der Waals surface area contributed by atoms with E-state index in [0.717, 1.165) is 33.0 Å². The highest BCUT2D eigenvalue weighted by molar-refractivity contribution is 9.10. The molecule has 1 N–H and O–H groups in total. The number of fused-ring (bicyclic) bond motifs is 1. The van der Waals surface area contributed by atoms with Gasteiger partial charge in [0, 0.05) is 16.6 Å². The number of thioether (sulfide) groups is 1. The molecule has 0 unspecified atom stereocenters. The van der Waals surface area contributed by atoms with Crippen molar-refractivity contribution in [2.24, 2.45) is 0 Å². The van der Waals surface area contributed by atoms with Crippen molar-refractivity contribution in [1.29, 1.82) is 0 Å². The maximum atomic E-state index is 13.5. The summed E-state index contributed by atoms with van der Waals surface area (Å²) in [7, 11) is 0. The number of carboxylic acid groups (broad SMARTS) is 1. The van der Waals surface area contributed by atoms with Crippen molar-refractivity contribution < 1.29 is 19.5 Å². The van der Waals surface area contributed by atoms with Crippen molar-refractivity contribution in [3.63, 3.8) is 0 Å². The predicted molar refractivity (Wildman–Crippen MR) is 128 cm³/mol. The van der Waals surface area contributed by atoms with E-state index in [2.05, 4.69) is 15.9 Å². The minimum atomic E-state index is -1.02. The first kappa shape index (κ1) is 21.7. The van der Waals surface area contributed by atoms with Crippen LogP contribution < -0.4 is 4.90 Å². The molecule has 0 bridgehead atoms. The summed E-state index contributed by atoms with van der Waals surface area (Å²) >= 11 is 9.79. The molecule has 2 heterocycles. The van der Waals surface area contributed by atoms with Gasteiger partial charge in [-0.05, 0) is 30.7 Å². The van der Waals surface area contributed by atoms with Crippen LogP contribution in [-0.2, 0) is 20.9 Å². The molecular weight excluding hydrogens is 500 g/mol. The molecule has 2 aliphatic rings. The lowest BCUT2D eigenvalue weighted by atomic mass is 10.1. The first-order chi connectivity index (χ1) is 14.8. The van der Waals surface area contributed by atoms with E-state index in [0.29, 0.717) is 17.7 Å². The Morgan fingerprint density at radius 2 is 1.81 bits per heavy atom. The Morgan fingerprint density at radius 3 is 2.48 bits per heavy atom. The Kier molecular flexibility index (Phi) is 6.00. The largest absolute Gasteiger partial charge is 0.481 e. The number of carbonyl (C=O) groups excluding carboxylic acids is 2. The van der Waals surface area contributed by atoms with Crippen LogP contribution in [0.25, 0.3) is 5.57 Å². The molecule has 0 aromatic heterocycles. The molecule has 2 amide bonds. The molecule has 31 heavy (non-hydrogen) atoms. The number of hydrogen-bond acceptors (Lipinski definition) is 5. The van der Waals surface area contributed by atoms with E-state index in [9.17, 15) is 14.4 Å². The van der Waals surface area contributed by atoms with Gasteiger partial charge < -0.3 is 10.0 Å². The fourth-order valence-corrected chi connectivity index (χ4v) is 5.25. The zero-order chi connectivity index (χ0) is 22.3. The third-order valence-electron chi connectivity index (χ3n) is 5.06. The quantitative estimate of drug-likeness (QED) is 0.470. The van der Waals surface area contributed by atoms with Crippen LogP contribution >= 0.6 is 39.9 Å². The van der Waals surface area contributed by atoms with E-state index in [1.54, 1.807) is 4.90 Å². The number of anilines is 1. The van der Waals surface area contributed by atoms with Gasteiger partial charge in [-0.1, -0.05) is 69.7 Å². The Labute approximate surface area is 197 Å². The van der Waals surface area contributed by atoms with Crippen molar-refractivity contribution in [3.8, 4) is 0 Å². The molecule has 2 aromatic rings. The lowest BCUT2D eigenvalue weighted by Gasteiger charge is -2.17. The van der Waals surface area contributed by atoms with Gasteiger partial charge in [-0.15, -0.1) is 0 Å². The van der Waals surface area contributed by atoms with Crippen LogP contribution in [-0.4, -0.2) is 38.7 Å². The van der Waals surface area contributed by atoms with Gasteiger partial charge in [0.2, 0.25) is 0 Å². The van der Waals surface area contributed by atoms with E-state index in [-0.39, 0.29) is 28.1 Å². The molecule has 4 rings (SSSR count). The van der Waals surface area contributed by atoms with E-state index in [4.69, 9.17) is 17.3 Å². The smallest absolute Gasteiger partial charge is 0.305 e. The summed E-state index contributed by atoms with van der Waals surface area (Å²) in [5.74, 6) is -1.72. The van der Waals surface area contributed by atoms with Crippen molar-refractivity contribution in [3.05, 3.63) is 68.5 Å². The Hall–Kier alpha value is -2.49. The van der Waals surface area contributed by atoms with Gasteiger partial charge in [-0.3, -0.25) is 19.3 Å². The van der Waals surface area contributed by atoms with Crippen LogP contribution in [0.1, 0.15) is 23.1 Å². The number of aliphatic carboxylic acids is 1. The summed E-state index contributed by atoms with van der Waals surface area (Å²) in [6, 6.07) is 13.5. The number of benzene rings is 2. The summed E-state index contributed by atoms with van der Waals surface area (Å²) in [5, 5.41) is 8.95. The average Bonchev–Trinajstić information content (AvgIpc) is 3.14. The molecule has 6 nitrogen and oxygen atoms in total. The van der Waals surface area contributed by atoms with E-state index < -0.39 is 11.9 Å². The van der Waals surface area contributed by atoms with E-state index in [1.165, 1.54) is 4.90 Å². The summed E-state index contributed by atoms with van der Waals surface area (Å²) in [6.07, 6.45) is -0.218. The van der Waals surface area contributed by atoms with Crippen molar-refractivity contribution in [2.75, 3.05) is 11.4 Å². The lowest BCUT2D eigenvalue weighted by molar-refractivity contribution is -0.137. The summed E-state index contributed by atoms with van der Waals surface area (Å²) < 4.78 is 1.05. The number of aryl methyl sites for hydroxylation is 1. The van der Waals surface area contributed by atoms with Crippen LogP contribution in [0.15, 0.2) is 51.8 Å². The molecule has 1 fully saturated rings. The second kappa shape index (κ2) is 8.57. The number of nitrogens with zero attached hydrogens (tertiary/aromatic N) is 2. The molecule has 1 saturated heterocycles. The molecule has 0 spiro atoms. The third kappa shape index (κ3) is 4.17. The third-order valence-corrected chi connectivity index (χ3v) is 7.01. The van der Waals surface area contributed by atoms with Gasteiger partial charge >= 0.3 is 5.97 Å². The molecule has 0 aliphatic carbocycles. The summed E-state index contributed by atoms with van der Waals surface area (Å²) in [4.78, 5) is 40.6. The molecule has 158 valence electrons. The highest BCUT2D eigenvalue weighted by Gasteiger charge is 2.42. The minimum absolute atomic E-state index is 0.0244. The van der Waals surface area contributed by atoms with Gasteiger partial charge in [-0.2, -0.15) is 0 Å². The van der Waals surface area contributed by atoms with Crippen LogP contribution in [0.3, 0.4) is 0 Å². The first-order valence-corrected chi connectivity index (χ1v) is 11.4. The number of halogens is 1. The van der Waals surface area contributed by atoms with Crippen LogP contribution in [0, 0.1) is 6.92 Å². The zero-order valence-corrected chi connectivity index (χ0v) is 19.6. The average molecular weight is 517 g/mol. The molecule has 0 saturated carbocycles. The number of carbonyl (C=O) groups is 3. The van der Waals surface area contributed by atoms with Crippen molar-refractivity contribution >= 4 is 73.3 Å². The molecule has 0 atom stereocenters. The van der Waals surface area contributed by atoms with E-state index in [1.807, 2.05) is 49.4 Å². The topological polar surface area (TPSA) is 77.9 Å². The van der Waals surface area contributed by atoms with Gasteiger partial charge in [0.1, 0.15) is 4.32 Å². The number of hydrogen-bond donors (Lipinski definition) is 1. The molecule has 0 radical (unpaired) electrons. The van der Waals surface area contributed by atoms with Crippen molar-refractivity contribution in [1.82, 2.24) is 4.90 Å². The fraction of sp³-hybridized carbons (Fsp3) is 0.182. The number of thiocarbonyl (C=S) groups is 1. The fourth-order valence-electron chi connectivity index (χ4n) is 3.51. The number of amides is 2. The number of carboxylic acids is 1. The molecule has 2 aliphatic heterocycles. The standard InChI is InChI=1S/C22H17BrN2O4S2/c1-12-2-4-13(5-3-12)11-25-16-7-6-14(23)10-15(16)18(20(25)28)19-21(29)24(22(30)31-19)9-8-17(26)27/h2-7,10H,8-9,11H2,1H3,(H,26,27)/b19-18-. The lowest BCUT2D eigenvalue weighted by Crippen LogP contribution is -2.31. The monoisotopic (exact) mass is 516 g/mol. The Balaban J connectivity index is 1.75. The van der Waals surface area contributed by atoms with Crippen LogP contribution in [0.2, 0.25) is 0 Å². The second-order valence-electron chi connectivity index (χ2n) is 7.21. The first-order valence-electron chi connectivity index (χ1n) is 9.43. The predicted octanol–water partition coefficient (Wildman–Crippen LogP) is 4.35. The van der Waals surface area contributed by atoms with Gasteiger partial charge in [-0.25, -0.2) is 0 Å². The molecule has 2 aromatic carbocycles. The second-order valence-corrected chi connectivity index (χ2v) is 9.77. The van der Waals surface area contributed by atoms with Crippen LogP contribution in [0.5, 0.6) is 0 Å². The van der Waals surface area contributed by atoms with Crippen molar-refractivity contribution in [2.45, 2.75) is 19.9 Å². The highest BCUT2D eigenvalue weighted by atomic mass is 79.9. The zero-order valence-electron chi connectivity index (χ0n) is 16.4. The van der Waals surface area contributed by atoms with Gasteiger partial charge in [0.15, 0.2) is 0 Å². The highest BCUT2D eigenvalue weighted by Crippen LogP contribution is 2.45. The minimum Gasteiger partial charge on any atom is -0.481 e. The van der Waals surface area contributed by atoms with E-state index >= 15 is 0 Å². The van der Waals surface area contributed by atoms with Crippen LogP contribution in [0.4, 0.5) is 5.69 Å². The number of rotatable bonds is 5. The molecular formula is C22H17BrN2O4S2.